The van der Waals surface area contributed by atoms with Gasteiger partial charge >= 0.3 is 0 Å². The summed E-state index contributed by atoms with van der Waals surface area (Å²) < 4.78 is 5.91. The molecule has 0 bridgehead atoms. The molecule has 3 heterocycles. The topological polar surface area (TPSA) is 73.4 Å². The van der Waals surface area contributed by atoms with Crippen LogP contribution >= 0.6 is 0 Å². The van der Waals surface area contributed by atoms with Gasteiger partial charge < -0.3 is 24.3 Å². The number of hydrogen-bond donors (Lipinski definition) is 0. The number of hydrogen-bond acceptors (Lipinski definition) is 5. The van der Waals surface area contributed by atoms with Crippen LogP contribution < -0.4 is 9.64 Å². The number of nitrogens with zero attached hydrogens (tertiary/aromatic N) is 4. The molecule has 5 rings (SSSR count). The number of carbonyl (C=O) groups is 3. The summed E-state index contributed by atoms with van der Waals surface area (Å²) in [5.41, 5.74) is 1.89. The van der Waals surface area contributed by atoms with Crippen molar-refractivity contribution < 1.29 is 19.1 Å². The molecule has 3 saturated heterocycles. The second-order valence-electron chi connectivity index (χ2n) is 10.2. The van der Waals surface area contributed by atoms with E-state index in [0.29, 0.717) is 36.9 Å². The van der Waals surface area contributed by atoms with Crippen LogP contribution in [0.5, 0.6) is 5.75 Å². The quantitative estimate of drug-likeness (QED) is 0.516. The molecule has 1 unspecified atom stereocenters. The minimum atomic E-state index is -0.192. The molecule has 0 saturated carbocycles. The lowest BCUT2D eigenvalue weighted by molar-refractivity contribution is -0.120. The minimum absolute atomic E-state index is 0.00201. The smallest absolute Gasteiger partial charge is 0.254 e. The number of piperazine rings is 1. The molecule has 3 aliphatic rings. The highest BCUT2D eigenvalue weighted by Crippen LogP contribution is 2.23. The minimum Gasteiger partial charge on any atom is -0.494 e. The molecule has 3 aliphatic heterocycles. The molecule has 8 heteroatoms. The zero-order valence-electron chi connectivity index (χ0n) is 21.6. The highest BCUT2D eigenvalue weighted by molar-refractivity contribution is 6.02. The Hall–Kier alpha value is -3.39. The van der Waals surface area contributed by atoms with E-state index in [-0.39, 0.29) is 24.3 Å². The van der Waals surface area contributed by atoms with Crippen molar-refractivity contribution in [1.82, 2.24) is 14.7 Å². The number of likely N-dealkylation sites (tertiary alicyclic amines) is 2. The Balaban J connectivity index is 1.09. The van der Waals surface area contributed by atoms with Crippen LogP contribution in [0.3, 0.4) is 0 Å². The summed E-state index contributed by atoms with van der Waals surface area (Å²) in [7, 11) is 0. The largest absolute Gasteiger partial charge is 0.494 e. The van der Waals surface area contributed by atoms with E-state index in [2.05, 4.69) is 11.8 Å². The van der Waals surface area contributed by atoms with E-state index in [1.807, 2.05) is 24.3 Å². The molecule has 0 radical (unpaired) electrons. The first-order valence-corrected chi connectivity index (χ1v) is 13.5. The predicted molar refractivity (Wildman–Crippen MR) is 142 cm³/mol. The summed E-state index contributed by atoms with van der Waals surface area (Å²) in [6.07, 6.45) is 4.62. The molecule has 8 nitrogen and oxygen atoms in total. The molecule has 3 amide bonds. The first kappa shape index (κ1) is 25.3. The van der Waals surface area contributed by atoms with Crippen molar-refractivity contribution in [3.05, 3.63) is 59.7 Å². The van der Waals surface area contributed by atoms with Gasteiger partial charge in [0.05, 0.1) is 6.61 Å². The maximum atomic E-state index is 13.0. The zero-order valence-corrected chi connectivity index (χ0v) is 21.6. The van der Waals surface area contributed by atoms with Crippen LogP contribution in [0.2, 0.25) is 0 Å². The lowest BCUT2D eigenvalue weighted by Crippen LogP contribution is -2.52. The maximum Gasteiger partial charge on any atom is 0.254 e. The average molecular weight is 505 g/mol. The molecule has 3 fully saturated rings. The molecule has 37 heavy (non-hydrogen) atoms. The number of rotatable bonds is 8. The third kappa shape index (κ3) is 5.80. The van der Waals surface area contributed by atoms with Crippen molar-refractivity contribution in [1.29, 1.82) is 0 Å². The van der Waals surface area contributed by atoms with Crippen molar-refractivity contribution in [2.45, 2.75) is 38.6 Å². The van der Waals surface area contributed by atoms with Crippen molar-refractivity contribution in [2.75, 3.05) is 57.3 Å². The molecule has 0 aromatic heterocycles. The lowest BCUT2D eigenvalue weighted by atomic mass is 10.1. The van der Waals surface area contributed by atoms with Gasteiger partial charge in [0.1, 0.15) is 12.3 Å². The van der Waals surface area contributed by atoms with Crippen molar-refractivity contribution in [3.8, 4) is 5.75 Å². The highest BCUT2D eigenvalue weighted by atomic mass is 16.5. The third-order valence-corrected chi connectivity index (χ3v) is 7.73. The molecule has 2 aromatic carbocycles. The zero-order chi connectivity index (χ0) is 25.8. The van der Waals surface area contributed by atoms with E-state index in [4.69, 9.17) is 4.74 Å². The molecule has 0 spiro atoms. The van der Waals surface area contributed by atoms with Crippen molar-refractivity contribution >= 4 is 23.4 Å². The molecule has 0 aliphatic carbocycles. The number of amides is 3. The van der Waals surface area contributed by atoms with Gasteiger partial charge in [-0.05, 0) is 87.7 Å². The molecular formula is C29H36N4O4. The highest BCUT2D eigenvalue weighted by Gasteiger charge is 2.29. The van der Waals surface area contributed by atoms with Gasteiger partial charge in [0.2, 0.25) is 5.91 Å². The molecule has 2 aromatic rings. The Morgan fingerprint density at radius 2 is 1.51 bits per heavy atom. The van der Waals surface area contributed by atoms with Gasteiger partial charge in [-0.2, -0.15) is 0 Å². The van der Waals surface area contributed by atoms with Crippen molar-refractivity contribution in [2.24, 2.45) is 0 Å². The molecule has 196 valence electrons. The van der Waals surface area contributed by atoms with Crippen LogP contribution in [0, 0.1) is 0 Å². The van der Waals surface area contributed by atoms with Gasteiger partial charge in [-0.1, -0.05) is 0 Å². The SMILES string of the molecule is CC1CCCN1CCCOc1ccc(N2CCN(C(=O)c3ccc(C(=O)N4CCC4)cc3)CC2=O)cc1. The number of benzene rings is 2. The monoisotopic (exact) mass is 504 g/mol. The molecular weight excluding hydrogens is 468 g/mol. The summed E-state index contributed by atoms with van der Waals surface area (Å²) in [5, 5.41) is 0. The van der Waals surface area contributed by atoms with E-state index in [0.717, 1.165) is 43.9 Å². The van der Waals surface area contributed by atoms with Crippen LogP contribution in [0.1, 0.15) is 53.3 Å². The normalized spacial score (nSPS) is 20.2. The lowest BCUT2D eigenvalue weighted by Gasteiger charge is -2.34. The second kappa shape index (κ2) is 11.3. The van der Waals surface area contributed by atoms with Crippen LogP contribution in [0.25, 0.3) is 0 Å². The number of ether oxygens (including phenoxy) is 1. The first-order valence-electron chi connectivity index (χ1n) is 13.5. The fourth-order valence-electron chi connectivity index (χ4n) is 5.26. The fourth-order valence-corrected chi connectivity index (χ4v) is 5.26. The Morgan fingerprint density at radius 3 is 2.08 bits per heavy atom. The second-order valence-corrected chi connectivity index (χ2v) is 10.2. The van der Waals surface area contributed by atoms with Crippen LogP contribution in [-0.2, 0) is 4.79 Å². The summed E-state index contributed by atoms with van der Waals surface area (Å²) in [6.45, 7) is 7.72. The van der Waals surface area contributed by atoms with Crippen LogP contribution in [0.4, 0.5) is 5.69 Å². The first-order chi connectivity index (χ1) is 18.0. The van der Waals surface area contributed by atoms with Gasteiger partial charge in [-0.25, -0.2) is 0 Å². The average Bonchev–Trinajstić information content (AvgIpc) is 3.30. The maximum absolute atomic E-state index is 13.0. The Labute approximate surface area is 218 Å². The van der Waals surface area contributed by atoms with Gasteiger partial charge in [0.15, 0.2) is 0 Å². The van der Waals surface area contributed by atoms with Gasteiger partial charge in [-0.3, -0.25) is 14.4 Å². The van der Waals surface area contributed by atoms with E-state index in [9.17, 15) is 14.4 Å². The standard InChI is InChI=1S/C29H36N4O4/c1-22-5-2-14-30(22)17-4-20-37-26-12-10-25(11-13-26)33-19-18-32(21-27(33)34)29(36)24-8-6-23(7-9-24)28(35)31-15-3-16-31/h6-13,22H,2-5,14-21H2,1H3. The number of anilines is 1. The summed E-state index contributed by atoms with van der Waals surface area (Å²) in [6, 6.07) is 15.0. The number of carbonyl (C=O) groups excluding carboxylic acids is 3. The summed E-state index contributed by atoms with van der Waals surface area (Å²) in [5.74, 6) is 0.498. The van der Waals surface area contributed by atoms with Crippen LogP contribution in [-0.4, -0.2) is 90.9 Å². The fraction of sp³-hybridized carbons (Fsp3) is 0.483. The van der Waals surface area contributed by atoms with Gasteiger partial charge in [0, 0.05) is 55.6 Å². The molecule has 0 N–H and O–H groups in total. The van der Waals surface area contributed by atoms with Crippen molar-refractivity contribution in [3.63, 3.8) is 0 Å². The Kier molecular flexibility index (Phi) is 7.74. The van der Waals surface area contributed by atoms with Gasteiger partial charge in [-0.15, -0.1) is 0 Å². The van der Waals surface area contributed by atoms with Gasteiger partial charge in [0.25, 0.3) is 11.8 Å². The van der Waals surface area contributed by atoms with Crippen LogP contribution in [0.15, 0.2) is 48.5 Å². The third-order valence-electron chi connectivity index (χ3n) is 7.73. The van der Waals surface area contributed by atoms with E-state index < -0.39 is 0 Å². The van der Waals surface area contributed by atoms with E-state index >= 15 is 0 Å². The predicted octanol–water partition coefficient (Wildman–Crippen LogP) is 3.27. The summed E-state index contributed by atoms with van der Waals surface area (Å²) in [4.78, 5) is 45.8. The summed E-state index contributed by atoms with van der Waals surface area (Å²) >= 11 is 0. The Morgan fingerprint density at radius 1 is 0.838 bits per heavy atom. The van der Waals surface area contributed by atoms with E-state index in [1.54, 1.807) is 39.0 Å². The Bertz CT molecular complexity index is 1110. The molecule has 1 atom stereocenters. The van der Waals surface area contributed by atoms with E-state index in [1.165, 1.54) is 19.4 Å².